The van der Waals surface area contributed by atoms with E-state index in [2.05, 4.69) is 15.0 Å². The Kier molecular flexibility index (Phi) is 3.70. The van der Waals surface area contributed by atoms with Crippen molar-refractivity contribution >= 4 is 22.6 Å². The second-order valence-corrected chi connectivity index (χ2v) is 4.80. The Labute approximate surface area is 106 Å². The summed E-state index contributed by atoms with van der Waals surface area (Å²) in [5.74, 6) is 0.680. The molecular weight excluding hydrogens is 265 g/mol. The van der Waals surface area contributed by atoms with Gasteiger partial charge in [-0.1, -0.05) is 11.8 Å². The molecule has 1 heterocycles. The molecule has 0 bridgehead atoms. The van der Waals surface area contributed by atoms with Crippen molar-refractivity contribution in [1.82, 2.24) is 0 Å². The van der Waals surface area contributed by atoms with Gasteiger partial charge in [0.1, 0.15) is 5.75 Å². The summed E-state index contributed by atoms with van der Waals surface area (Å²) in [6.07, 6.45) is -4.66. The molecule has 1 aliphatic rings. The molecule has 1 unspecified atom stereocenters. The number of benzene rings is 1. The van der Waals surface area contributed by atoms with Crippen LogP contribution in [0, 0.1) is 0 Å². The molecule has 3 nitrogen and oxygen atoms in total. The molecule has 0 radical (unpaired) electrons. The van der Waals surface area contributed by atoms with E-state index < -0.39 is 6.36 Å². The van der Waals surface area contributed by atoms with Crippen LogP contribution in [0.25, 0.3) is 0 Å². The molecule has 1 atom stereocenters. The molecule has 0 fully saturated rings. The number of nitrogens with one attached hydrogen (secondary N) is 1. The summed E-state index contributed by atoms with van der Waals surface area (Å²) in [6.45, 7) is 2.00. The number of rotatable bonds is 2. The minimum Gasteiger partial charge on any atom is -0.406 e. The van der Waals surface area contributed by atoms with E-state index in [1.165, 1.54) is 24.3 Å². The van der Waals surface area contributed by atoms with Crippen molar-refractivity contribution in [3.8, 4) is 5.75 Å². The number of nitrogens with zero attached hydrogens (tertiary/aromatic N) is 1. The Morgan fingerprint density at radius 2 is 2.00 bits per heavy atom. The SMILES string of the molecule is CC1CSC(Nc2ccc(OC(F)(F)F)cc2)=N1. The maximum absolute atomic E-state index is 12.0. The van der Waals surface area contributed by atoms with Crippen molar-refractivity contribution in [3.05, 3.63) is 24.3 Å². The van der Waals surface area contributed by atoms with Gasteiger partial charge in [-0.25, -0.2) is 0 Å². The maximum atomic E-state index is 12.0. The standard InChI is InChI=1S/C11H11F3N2OS/c1-7-6-18-10(15-7)16-8-2-4-9(5-3-8)17-11(12,13)14/h2-5,7H,6H2,1H3,(H,15,16). The highest BCUT2D eigenvalue weighted by molar-refractivity contribution is 8.14. The smallest absolute Gasteiger partial charge is 0.406 e. The van der Waals surface area contributed by atoms with Crippen molar-refractivity contribution in [2.75, 3.05) is 11.1 Å². The third kappa shape index (κ3) is 3.83. The van der Waals surface area contributed by atoms with Gasteiger partial charge in [0.05, 0.1) is 6.04 Å². The molecule has 98 valence electrons. The average molecular weight is 276 g/mol. The van der Waals surface area contributed by atoms with E-state index >= 15 is 0 Å². The highest BCUT2D eigenvalue weighted by atomic mass is 32.2. The predicted molar refractivity (Wildman–Crippen MR) is 66.1 cm³/mol. The summed E-state index contributed by atoms with van der Waals surface area (Å²) < 4.78 is 39.6. The number of hydrogen-bond donors (Lipinski definition) is 1. The lowest BCUT2D eigenvalue weighted by Gasteiger charge is -2.10. The fourth-order valence-corrected chi connectivity index (χ4v) is 2.32. The van der Waals surface area contributed by atoms with E-state index in [-0.39, 0.29) is 11.8 Å². The van der Waals surface area contributed by atoms with Crippen molar-refractivity contribution < 1.29 is 17.9 Å². The third-order valence-electron chi connectivity index (χ3n) is 2.14. The molecule has 7 heteroatoms. The van der Waals surface area contributed by atoms with Gasteiger partial charge in [0, 0.05) is 11.4 Å². The van der Waals surface area contributed by atoms with Gasteiger partial charge in [-0.3, -0.25) is 4.99 Å². The molecule has 1 aliphatic heterocycles. The summed E-state index contributed by atoms with van der Waals surface area (Å²) in [4.78, 5) is 4.32. The number of amidine groups is 1. The molecule has 0 saturated heterocycles. The topological polar surface area (TPSA) is 33.6 Å². The van der Waals surface area contributed by atoms with Crippen molar-refractivity contribution in [2.24, 2.45) is 4.99 Å². The first-order chi connectivity index (χ1) is 8.42. The van der Waals surface area contributed by atoms with E-state index in [1.54, 1.807) is 11.8 Å². The van der Waals surface area contributed by atoms with Crippen LogP contribution in [-0.2, 0) is 0 Å². The molecule has 1 aromatic carbocycles. The van der Waals surface area contributed by atoms with Crippen molar-refractivity contribution in [2.45, 2.75) is 19.3 Å². The summed E-state index contributed by atoms with van der Waals surface area (Å²) in [7, 11) is 0. The summed E-state index contributed by atoms with van der Waals surface area (Å²) in [6, 6.07) is 5.84. The number of hydrogen-bond acceptors (Lipinski definition) is 4. The molecular formula is C11H11F3N2OS. The number of thioether (sulfide) groups is 1. The zero-order valence-electron chi connectivity index (χ0n) is 9.49. The molecule has 2 rings (SSSR count). The normalized spacial score (nSPS) is 19.6. The van der Waals surface area contributed by atoms with Crippen LogP contribution in [0.3, 0.4) is 0 Å². The van der Waals surface area contributed by atoms with E-state index in [9.17, 15) is 13.2 Å². The van der Waals surface area contributed by atoms with E-state index in [0.29, 0.717) is 5.69 Å². The number of halogens is 3. The molecule has 0 amide bonds. The second-order valence-electron chi connectivity index (χ2n) is 3.79. The second kappa shape index (κ2) is 5.09. The third-order valence-corrected chi connectivity index (χ3v) is 3.27. The predicted octanol–water partition coefficient (Wildman–Crippen LogP) is 3.49. The minimum absolute atomic E-state index is 0.234. The Bertz CT molecular complexity index is 445. The van der Waals surface area contributed by atoms with Gasteiger partial charge in [0.2, 0.25) is 0 Å². The molecule has 0 aromatic heterocycles. The molecule has 1 N–H and O–H groups in total. The lowest BCUT2D eigenvalue weighted by atomic mass is 10.3. The van der Waals surface area contributed by atoms with Gasteiger partial charge in [-0.15, -0.1) is 13.2 Å². The van der Waals surface area contributed by atoms with Gasteiger partial charge in [0.15, 0.2) is 5.17 Å². The fraction of sp³-hybridized carbons (Fsp3) is 0.364. The zero-order chi connectivity index (χ0) is 13.2. The van der Waals surface area contributed by atoms with Gasteiger partial charge in [-0.2, -0.15) is 0 Å². The Hall–Kier alpha value is -1.37. The number of ether oxygens (including phenoxy) is 1. The van der Waals surface area contributed by atoms with E-state index in [1.807, 2.05) is 6.92 Å². The molecule has 0 aliphatic carbocycles. The average Bonchev–Trinajstić information content (AvgIpc) is 2.65. The van der Waals surface area contributed by atoms with Crippen LogP contribution in [0.1, 0.15) is 6.92 Å². The highest BCUT2D eigenvalue weighted by Gasteiger charge is 2.30. The largest absolute Gasteiger partial charge is 0.573 e. The maximum Gasteiger partial charge on any atom is 0.573 e. The lowest BCUT2D eigenvalue weighted by Crippen LogP contribution is -2.17. The molecule has 1 aromatic rings. The van der Waals surface area contributed by atoms with Gasteiger partial charge in [-0.05, 0) is 31.2 Å². The summed E-state index contributed by atoms with van der Waals surface area (Å²) in [5.41, 5.74) is 0.685. The van der Waals surface area contributed by atoms with E-state index in [0.717, 1.165) is 10.9 Å². The van der Waals surface area contributed by atoms with Crippen LogP contribution in [0.15, 0.2) is 29.3 Å². The summed E-state index contributed by atoms with van der Waals surface area (Å²) >= 11 is 1.59. The van der Waals surface area contributed by atoms with Crippen LogP contribution >= 0.6 is 11.8 Å². The Morgan fingerprint density at radius 3 is 2.50 bits per heavy atom. The van der Waals surface area contributed by atoms with Crippen molar-refractivity contribution in [3.63, 3.8) is 0 Å². The first-order valence-corrected chi connectivity index (χ1v) is 6.24. The lowest BCUT2D eigenvalue weighted by molar-refractivity contribution is -0.274. The number of aliphatic imine (C=N–C) groups is 1. The summed E-state index contributed by atoms with van der Waals surface area (Å²) in [5, 5.41) is 3.82. The van der Waals surface area contributed by atoms with Crippen LogP contribution in [0.5, 0.6) is 5.75 Å². The van der Waals surface area contributed by atoms with Crippen LogP contribution < -0.4 is 10.1 Å². The zero-order valence-corrected chi connectivity index (χ0v) is 10.3. The van der Waals surface area contributed by atoms with Crippen LogP contribution in [0.4, 0.5) is 18.9 Å². The van der Waals surface area contributed by atoms with Gasteiger partial charge >= 0.3 is 6.36 Å². The molecule has 0 spiro atoms. The van der Waals surface area contributed by atoms with Crippen LogP contribution in [-0.4, -0.2) is 23.3 Å². The Morgan fingerprint density at radius 1 is 1.33 bits per heavy atom. The quantitative estimate of drug-likeness (QED) is 0.897. The fourth-order valence-electron chi connectivity index (χ4n) is 1.41. The first kappa shape index (κ1) is 13.1. The van der Waals surface area contributed by atoms with Crippen LogP contribution in [0.2, 0.25) is 0 Å². The first-order valence-electron chi connectivity index (χ1n) is 5.26. The minimum atomic E-state index is -4.66. The van der Waals surface area contributed by atoms with Gasteiger partial charge < -0.3 is 10.1 Å². The number of alkyl halides is 3. The van der Waals surface area contributed by atoms with E-state index in [4.69, 9.17) is 0 Å². The monoisotopic (exact) mass is 276 g/mol. The number of anilines is 1. The molecule has 0 saturated carbocycles. The highest BCUT2D eigenvalue weighted by Crippen LogP contribution is 2.25. The van der Waals surface area contributed by atoms with Gasteiger partial charge in [0.25, 0.3) is 0 Å². The molecule has 18 heavy (non-hydrogen) atoms. The Balaban J connectivity index is 1.98. The van der Waals surface area contributed by atoms with Crippen molar-refractivity contribution in [1.29, 1.82) is 0 Å².